The average molecular weight is 358 g/mol. The van der Waals surface area contributed by atoms with Crippen molar-refractivity contribution in [2.75, 3.05) is 7.11 Å². The zero-order valence-electron chi connectivity index (χ0n) is 12.6. The summed E-state index contributed by atoms with van der Waals surface area (Å²) in [6.07, 6.45) is 1.85. The molecular weight excluding hydrogens is 342 g/mol. The minimum Gasteiger partial charge on any atom is -0.496 e. The fourth-order valence-corrected chi connectivity index (χ4v) is 2.86. The highest BCUT2D eigenvalue weighted by Gasteiger charge is 2.08. The van der Waals surface area contributed by atoms with Gasteiger partial charge in [-0.3, -0.25) is 10.1 Å². The number of hydrogen-bond donors (Lipinski definition) is 1. The van der Waals surface area contributed by atoms with E-state index in [0.29, 0.717) is 0 Å². The molecule has 1 aromatic heterocycles. The topological polar surface area (TPSA) is 50.3 Å². The van der Waals surface area contributed by atoms with Crippen LogP contribution in [0.25, 0.3) is 10.8 Å². The number of aliphatic imine (C=N–C) groups is 1. The van der Waals surface area contributed by atoms with Gasteiger partial charge in [-0.15, -0.1) is 0 Å². The Morgan fingerprint density at radius 3 is 2.73 bits per heavy atom. The van der Waals surface area contributed by atoms with Crippen LogP contribution in [-0.4, -0.2) is 23.5 Å². The highest BCUT2D eigenvalue weighted by atomic mass is 79.9. The maximum absolute atomic E-state index is 5.49. The number of methoxy groups -OCH3 is 1. The summed E-state index contributed by atoms with van der Waals surface area (Å²) >= 11 is 3.50. The van der Waals surface area contributed by atoms with Gasteiger partial charge in [-0.1, -0.05) is 28.1 Å². The third-order valence-electron chi connectivity index (χ3n) is 3.62. The van der Waals surface area contributed by atoms with E-state index < -0.39 is 0 Å². The Balaban J connectivity index is 2.16. The molecule has 1 heterocycles. The molecule has 3 aromatic rings. The van der Waals surface area contributed by atoms with Gasteiger partial charge in [0.1, 0.15) is 11.4 Å². The van der Waals surface area contributed by atoms with Gasteiger partial charge < -0.3 is 4.74 Å². The number of H-pyrrole nitrogens is 1. The summed E-state index contributed by atoms with van der Waals surface area (Å²) < 4.78 is 6.54. The summed E-state index contributed by atoms with van der Waals surface area (Å²) in [5.41, 5.74) is 3.68. The van der Waals surface area contributed by atoms with E-state index in [1.807, 2.05) is 38.3 Å². The number of nitrogens with one attached hydrogen (secondary N) is 1. The van der Waals surface area contributed by atoms with Crippen molar-refractivity contribution in [2.45, 2.75) is 13.8 Å². The largest absolute Gasteiger partial charge is 0.496 e. The second-order valence-corrected chi connectivity index (χ2v) is 6.00. The van der Waals surface area contributed by atoms with Crippen molar-refractivity contribution >= 4 is 38.6 Å². The third-order valence-corrected chi connectivity index (χ3v) is 4.11. The van der Waals surface area contributed by atoms with Gasteiger partial charge in [0.25, 0.3) is 0 Å². The maximum atomic E-state index is 5.49. The third kappa shape index (κ3) is 2.64. The monoisotopic (exact) mass is 357 g/mol. The molecule has 0 aliphatic carbocycles. The molecule has 0 atom stereocenters. The molecule has 3 rings (SSSR count). The fraction of sp³-hybridized carbons (Fsp3) is 0.176. The molecule has 0 saturated heterocycles. The number of rotatable bonds is 3. The van der Waals surface area contributed by atoms with Gasteiger partial charge in [-0.25, -0.2) is 0 Å². The number of benzene rings is 2. The molecule has 0 radical (unpaired) electrons. The van der Waals surface area contributed by atoms with Crippen molar-refractivity contribution in [1.29, 1.82) is 0 Å². The number of aromatic amines is 1. The quantitative estimate of drug-likeness (QED) is 0.690. The minimum atomic E-state index is 0.803. The number of fused-ring (bicyclic) bond motifs is 1. The minimum absolute atomic E-state index is 0.803. The van der Waals surface area contributed by atoms with E-state index in [9.17, 15) is 0 Å². The molecule has 4 nitrogen and oxygen atoms in total. The zero-order chi connectivity index (χ0) is 15.7. The normalized spacial score (nSPS) is 11.5. The van der Waals surface area contributed by atoms with Gasteiger partial charge >= 0.3 is 0 Å². The number of aromatic nitrogens is 2. The Morgan fingerprint density at radius 1 is 1.23 bits per heavy atom. The van der Waals surface area contributed by atoms with Crippen molar-refractivity contribution < 1.29 is 4.74 Å². The van der Waals surface area contributed by atoms with Gasteiger partial charge in [0.05, 0.1) is 18.5 Å². The van der Waals surface area contributed by atoms with Crippen LogP contribution in [0.2, 0.25) is 0 Å². The van der Waals surface area contributed by atoms with Crippen molar-refractivity contribution in [2.24, 2.45) is 4.99 Å². The van der Waals surface area contributed by atoms with Gasteiger partial charge in [0, 0.05) is 16.3 Å². The lowest BCUT2D eigenvalue weighted by Gasteiger charge is -2.09. The molecule has 1 N–H and O–H groups in total. The molecule has 0 fully saturated rings. The second-order valence-electron chi connectivity index (χ2n) is 5.09. The van der Waals surface area contributed by atoms with E-state index >= 15 is 0 Å². The molecular formula is C17H16BrN3O. The van der Waals surface area contributed by atoms with Crippen molar-refractivity contribution in [3.05, 3.63) is 51.8 Å². The van der Waals surface area contributed by atoms with Crippen molar-refractivity contribution in [3.63, 3.8) is 0 Å². The Kier molecular flexibility index (Phi) is 3.98. The van der Waals surface area contributed by atoms with Crippen LogP contribution in [0, 0.1) is 13.8 Å². The predicted octanol–water partition coefficient (Wildman–Crippen LogP) is 4.70. The Morgan fingerprint density at radius 2 is 2.05 bits per heavy atom. The van der Waals surface area contributed by atoms with E-state index in [4.69, 9.17) is 4.74 Å². The number of halogens is 1. The molecule has 22 heavy (non-hydrogen) atoms. The van der Waals surface area contributed by atoms with Crippen LogP contribution in [-0.2, 0) is 0 Å². The van der Waals surface area contributed by atoms with Crippen LogP contribution in [0.5, 0.6) is 5.75 Å². The highest BCUT2D eigenvalue weighted by Crippen LogP contribution is 2.30. The van der Waals surface area contributed by atoms with Crippen LogP contribution < -0.4 is 4.74 Å². The highest BCUT2D eigenvalue weighted by molar-refractivity contribution is 9.10. The van der Waals surface area contributed by atoms with Gasteiger partial charge in [0.15, 0.2) is 0 Å². The molecule has 0 unspecified atom stereocenters. The molecule has 0 saturated carbocycles. The van der Waals surface area contributed by atoms with Gasteiger partial charge in [-0.2, -0.15) is 5.10 Å². The average Bonchev–Trinajstić information content (AvgIpc) is 2.83. The van der Waals surface area contributed by atoms with Crippen molar-refractivity contribution in [1.82, 2.24) is 10.2 Å². The van der Waals surface area contributed by atoms with Crippen LogP contribution in [0.1, 0.15) is 17.0 Å². The summed E-state index contributed by atoms with van der Waals surface area (Å²) in [5, 5.41) is 9.35. The first-order valence-electron chi connectivity index (χ1n) is 6.92. The van der Waals surface area contributed by atoms with Crippen LogP contribution in [0.15, 0.2) is 39.8 Å². The first-order valence-corrected chi connectivity index (χ1v) is 7.71. The van der Waals surface area contributed by atoms with Gasteiger partial charge in [-0.05, 0) is 42.8 Å². The lowest BCUT2D eigenvalue weighted by Crippen LogP contribution is -1.92. The number of nitrogens with zero attached hydrogens (tertiary/aromatic N) is 2. The molecule has 0 spiro atoms. The molecule has 0 aliphatic heterocycles. The van der Waals surface area contributed by atoms with E-state index in [1.165, 1.54) is 0 Å². The van der Waals surface area contributed by atoms with Crippen LogP contribution >= 0.6 is 15.9 Å². The maximum Gasteiger partial charge on any atom is 0.128 e. The number of ether oxygens (including phenoxy) is 1. The van der Waals surface area contributed by atoms with Crippen LogP contribution in [0.3, 0.4) is 0 Å². The molecule has 0 aliphatic rings. The fourth-order valence-electron chi connectivity index (χ4n) is 2.48. The summed E-state index contributed by atoms with van der Waals surface area (Å²) in [5.74, 6) is 0.803. The van der Waals surface area contributed by atoms with E-state index in [2.05, 4.69) is 43.3 Å². The van der Waals surface area contributed by atoms with Gasteiger partial charge in [0.2, 0.25) is 0 Å². The molecule has 2 aromatic carbocycles. The Labute approximate surface area is 137 Å². The van der Waals surface area contributed by atoms with E-state index in [0.717, 1.165) is 43.6 Å². The predicted molar refractivity (Wildman–Crippen MR) is 93.5 cm³/mol. The Hall–Kier alpha value is -2.14. The standard InChI is InChI=1S/C17H16BrN3O/c1-10-17(11(2)21-20-10)19-9-15-14-6-5-13(18)8-12(14)4-7-16(15)22-3/h4-9H,1-3H3,(H,20,21). The lowest BCUT2D eigenvalue weighted by atomic mass is 10.0. The first-order chi connectivity index (χ1) is 10.6. The Bertz CT molecular complexity index is 848. The number of hydrogen-bond acceptors (Lipinski definition) is 3. The molecule has 0 amide bonds. The van der Waals surface area contributed by atoms with E-state index in [-0.39, 0.29) is 0 Å². The zero-order valence-corrected chi connectivity index (χ0v) is 14.2. The summed E-state index contributed by atoms with van der Waals surface area (Å²) in [4.78, 5) is 4.61. The second kappa shape index (κ2) is 5.93. The number of aryl methyl sites for hydroxylation is 2. The molecule has 5 heteroatoms. The summed E-state index contributed by atoms with van der Waals surface area (Å²) in [6, 6.07) is 10.2. The first kappa shape index (κ1) is 14.8. The lowest BCUT2D eigenvalue weighted by molar-refractivity contribution is 0.415. The summed E-state index contributed by atoms with van der Waals surface area (Å²) in [7, 11) is 1.67. The van der Waals surface area contributed by atoms with Crippen molar-refractivity contribution in [3.8, 4) is 5.75 Å². The van der Waals surface area contributed by atoms with E-state index in [1.54, 1.807) is 7.11 Å². The smallest absolute Gasteiger partial charge is 0.128 e. The SMILES string of the molecule is COc1ccc2cc(Br)ccc2c1C=Nc1c(C)n[nH]c1C. The summed E-state index contributed by atoms with van der Waals surface area (Å²) in [6.45, 7) is 3.90. The van der Waals surface area contributed by atoms with Crippen LogP contribution in [0.4, 0.5) is 5.69 Å². The molecule has 0 bridgehead atoms. The molecule has 112 valence electrons.